The molecule has 0 bridgehead atoms. The third kappa shape index (κ3) is 6.86. The minimum absolute atomic E-state index is 0.0877. The molecule has 1 aliphatic rings. The van der Waals surface area contributed by atoms with Crippen molar-refractivity contribution in [2.45, 2.75) is 63.2 Å². The molecule has 0 atom stereocenters. The summed E-state index contributed by atoms with van der Waals surface area (Å²) in [5.41, 5.74) is 1.70. The monoisotopic (exact) mass is 551 g/mol. The highest BCUT2D eigenvalue weighted by Crippen LogP contribution is 2.43. The van der Waals surface area contributed by atoms with Gasteiger partial charge < -0.3 is 14.6 Å². The van der Waals surface area contributed by atoms with Gasteiger partial charge in [0, 0.05) is 19.6 Å². The van der Waals surface area contributed by atoms with Crippen molar-refractivity contribution in [2.24, 2.45) is 0 Å². The summed E-state index contributed by atoms with van der Waals surface area (Å²) >= 11 is 1.35. The van der Waals surface area contributed by atoms with Crippen LogP contribution in [0, 0.1) is 0 Å². The molecule has 198 valence electrons. The summed E-state index contributed by atoms with van der Waals surface area (Å²) in [6.07, 6.45) is 6.57. The molecule has 1 aromatic heterocycles. The predicted octanol–water partition coefficient (Wildman–Crippen LogP) is 5.32. The molecule has 0 spiro atoms. The number of nitrogens with zero attached hydrogens (tertiary/aromatic N) is 1. The van der Waals surface area contributed by atoms with Crippen LogP contribution >= 0.6 is 11.3 Å². The van der Waals surface area contributed by atoms with E-state index >= 15 is 0 Å². The van der Waals surface area contributed by atoms with Gasteiger partial charge in [0.15, 0.2) is 0 Å². The number of aliphatic hydroxyl groups excluding tert-OH is 1. The summed E-state index contributed by atoms with van der Waals surface area (Å²) in [5, 5.41) is 9.60. The number of anilines is 1. The summed E-state index contributed by atoms with van der Waals surface area (Å²) in [5.74, 6) is -0.498. The second kappa shape index (κ2) is 12.5. The van der Waals surface area contributed by atoms with Gasteiger partial charge in [0.1, 0.15) is 11.7 Å². The van der Waals surface area contributed by atoms with Gasteiger partial charge in [-0.1, -0.05) is 50.0 Å². The minimum Gasteiger partial charge on any atom is -0.462 e. The first-order chi connectivity index (χ1) is 17.1. The van der Waals surface area contributed by atoms with E-state index in [1.807, 2.05) is 0 Å². The molecule has 0 saturated heterocycles. The number of thiophene rings is 1. The maximum atomic E-state index is 14.2. The number of carbonyl (C=O) groups is 1. The minimum atomic E-state index is -4.11. The van der Waals surface area contributed by atoms with E-state index in [0.717, 1.165) is 42.2 Å². The van der Waals surface area contributed by atoms with E-state index in [2.05, 4.69) is 19.6 Å². The maximum absolute atomic E-state index is 14.2. The summed E-state index contributed by atoms with van der Waals surface area (Å²) in [7, 11) is -5.50. The number of benzene rings is 1. The van der Waals surface area contributed by atoms with Gasteiger partial charge in [0.05, 0.1) is 23.7 Å². The zero-order valence-corrected chi connectivity index (χ0v) is 24.2. The Labute approximate surface area is 219 Å². The van der Waals surface area contributed by atoms with Crippen molar-refractivity contribution in [3.05, 3.63) is 51.9 Å². The molecule has 0 unspecified atom stereocenters. The molecule has 1 aliphatic carbocycles. The average molecular weight is 552 g/mol. The highest BCUT2D eigenvalue weighted by Gasteiger charge is 2.35. The molecule has 1 aromatic carbocycles. The van der Waals surface area contributed by atoms with Crippen molar-refractivity contribution in [3.8, 4) is 0 Å². The highest BCUT2D eigenvalue weighted by atomic mass is 32.2. The lowest BCUT2D eigenvalue weighted by Gasteiger charge is -2.25. The summed E-state index contributed by atoms with van der Waals surface area (Å²) in [6.45, 7) is 8.69. The van der Waals surface area contributed by atoms with Crippen molar-refractivity contribution in [1.82, 2.24) is 0 Å². The van der Waals surface area contributed by atoms with Gasteiger partial charge in [-0.25, -0.2) is 17.5 Å². The third-order valence-electron chi connectivity index (χ3n) is 5.95. The molecule has 0 amide bonds. The predicted molar refractivity (Wildman–Crippen MR) is 148 cm³/mol. The molecule has 1 N–H and O–H groups in total. The fraction of sp³-hybridized carbons (Fsp3) is 0.500. The van der Waals surface area contributed by atoms with E-state index in [-0.39, 0.29) is 24.8 Å². The molecule has 3 rings (SSSR count). The second-order valence-corrected chi connectivity index (χ2v) is 18.5. The summed E-state index contributed by atoms with van der Waals surface area (Å²) in [4.78, 5) is 14.2. The summed E-state index contributed by atoms with van der Waals surface area (Å²) < 4.78 is 40.9. The van der Waals surface area contributed by atoms with Gasteiger partial charge >= 0.3 is 5.97 Å². The summed E-state index contributed by atoms with van der Waals surface area (Å²) in [6, 6.07) is 7.54. The van der Waals surface area contributed by atoms with Crippen LogP contribution in [0.3, 0.4) is 0 Å². The first kappa shape index (κ1) is 28.6. The quantitative estimate of drug-likeness (QED) is 0.166. The molecule has 0 radical (unpaired) electrons. The third-order valence-corrected chi connectivity index (χ3v) is 10.9. The second-order valence-electron chi connectivity index (χ2n) is 9.94. The van der Waals surface area contributed by atoms with Crippen molar-refractivity contribution >= 4 is 46.5 Å². The van der Waals surface area contributed by atoms with E-state index in [0.29, 0.717) is 22.7 Å². The number of aliphatic hydroxyl groups is 1. The Balaban J connectivity index is 2.13. The Bertz CT molecular complexity index is 1180. The Morgan fingerprint density at radius 1 is 1.19 bits per heavy atom. The van der Waals surface area contributed by atoms with E-state index < -0.39 is 24.1 Å². The van der Waals surface area contributed by atoms with Crippen LogP contribution in [0.1, 0.15) is 46.1 Å². The molecule has 0 aliphatic heterocycles. The SMILES string of the molecule is CCOC(=O)c1c(N(COCC[Si](C)(C)C)S(=O)(=O)c2ccccc2C=CCO)sc2c1CCCC2. The smallest absolute Gasteiger partial charge is 0.341 e. The van der Waals surface area contributed by atoms with Crippen LogP contribution in [0.25, 0.3) is 6.08 Å². The standard InChI is InChI=1S/C26H37NO6S2Si/c1-5-33-26(29)24-21-13-7-8-14-22(21)34-25(24)27(19-32-17-18-36(2,3)4)35(30,31)23-15-9-6-11-20(23)12-10-16-28/h6,9-12,15,28H,5,7-8,13-14,16-19H2,1-4H3. The molecule has 2 aromatic rings. The van der Waals surface area contributed by atoms with Gasteiger partial charge in [0.25, 0.3) is 10.0 Å². The number of rotatable bonds is 12. The molecule has 1 heterocycles. The van der Waals surface area contributed by atoms with Crippen molar-refractivity contribution in [1.29, 1.82) is 0 Å². The van der Waals surface area contributed by atoms with E-state index in [1.54, 1.807) is 37.3 Å². The Morgan fingerprint density at radius 2 is 1.92 bits per heavy atom. The highest BCUT2D eigenvalue weighted by molar-refractivity contribution is 7.93. The first-order valence-corrected chi connectivity index (χ1v) is 18.3. The number of hydrogen-bond donors (Lipinski definition) is 1. The number of fused-ring (bicyclic) bond motifs is 1. The molecule has 10 heteroatoms. The van der Waals surface area contributed by atoms with Crippen LogP contribution in [0.5, 0.6) is 0 Å². The van der Waals surface area contributed by atoms with Crippen LogP contribution in [0.15, 0.2) is 35.2 Å². The Hall–Kier alpha value is -1.98. The Kier molecular flexibility index (Phi) is 9.93. The largest absolute Gasteiger partial charge is 0.462 e. The topological polar surface area (TPSA) is 93.1 Å². The molecule has 36 heavy (non-hydrogen) atoms. The van der Waals surface area contributed by atoms with Gasteiger partial charge in [0.2, 0.25) is 0 Å². The molecular weight excluding hydrogens is 515 g/mol. The van der Waals surface area contributed by atoms with Crippen LogP contribution < -0.4 is 4.31 Å². The maximum Gasteiger partial charge on any atom is 0.341 e. The Morgan fingerprint density at radius 3 is 2.61 bits per heavy atom. The van der Waals surface area contributed by atoms with E-state index in [1.165, 1.54) is 21.7 Å². The van der Waals surface area contributed by atoms with Crippen molar-refractivity contribution in [2.75, 3.05) is 30.9 Å². The van der Waals surface area contributed by atoms with Gasteiger partial charge in [-0.05, 0) is 55.8 Å². The lowest BCUT2D eigenvalue weighted by molar-refractivity contribution is 0.0526. The average Bonchev–Trinajstić information content (AvgIpc) is 3.21. The first-order valence-electron chi connectivity index (χ1n) is 12.4. The fourth-order valence-electron chi connectivity index (χ4n) is 4.06. The van der Waals surface area contributed by atoms with Crippen LogP contribution in [-0.4, -0.2) is 54.1 Å². The lowest BCUT2D eigenvalue weighted by Crippen LogP contribution is -2.35. The van der Waals surface area contributed by atoms with E-state index in [4.69, 9.17) is 9.47 Å². The zero-order valence-electron chi connectivity index (χ0n) is 21.6. The zero-order chi connectivity index (χ0) is 26.3. The van der Waals surface area contributed by atoms with Crippen molar-refractivity contribution in [3.63, 3.8) is 0 Å². The van der Waals surface area contributed by atoms with Crippen LogP contribution in [-0.2, 0) is 32.3 Å². The number of esters is 1. The molecular formula is C26H37NO6S2Si. The number of sulfonamides is 1. The number of hydrogen-bond acceptors (Lipinski definition) is 7. The van der Waals surface area contributed by atoms with Crippen LogP contribution in [0.4, 0.5) is 5.00 Å². The van der Waals surface area contributed by atoms with Crippen LogP contribution in [0.2, 0.25) is 25.7 Å². The lowest BCUT2D eigenvalue weighted by atomic mass is 9.95. The van der Waals surface area contributed by atoms with E-state index in [9.17, 15) is 18.3 Å². The number of carbonyl (C=O) groups excluding carboxylic acids is 1. The van der Waals surface area contributed by atoms with Gasteiger partial charge in [-0.15, -0.1) is 11.3 Å². The normalized spacial score (nSPS) is 14.1. The molecule has 0 fully saturated rings. The molecule has 0 saturated carbocycles. The fourth-order valence-corrected chi connectivity index (χ4v) is 7.93. The number of ether oxygens (including phenoxy) is 2. The van der Waals surface area contributed by atoms with Gasteiger partial charge in [-0.3, -0.25) is 0 Å². The van der Waals surface area contributed by atoms with Gasteiger partial charge in [-0.2, -0.15) is 0 Å². The van der Waals surface area contributed by atoms with Crippen molar-refractivity contribution < 1.29 is 27.8 Å². The number of aryl methyl sites for hydroxylation is 1. The molecule has 7 nitrogen and oxygen atoms in total.